The number of rotatable bonds is 4. The Balaban J connectivity index is 1.61. The summed E-state index contributed by atoms with van der Waals surface area (Å²) in [5.41, 5.74) is 0.699. The van der Waals surface area contributed by atoms with E-state index in [1.54, 1.807) is 36.4 Å². The van der Waals surface area contributed by atoms with Gasteiger partial charge < -0.3 is 10.6 Å². The van der Waals surface area contributed by atoms with E-state index in [2.05, 4.69) is 31.7 Å². The van der Waals surface area contributed by atoms with Gasteiger partial charge in [0.25, 0.3) is 5.91 Å². The van der Waals surface area contributed by atoms with Crippen LogP contribution in [0.3, 0.4) is 0 Å². The van der Waals surface area contributed by atoms with Gasteiger partial charge in [-0.05, 0) is 45.1 Å². The van der Waals surface area contributed by atoms with E-state index in [9.17, 15) is 18.0 Å². The molecule has 4 rings (SSSR count). The largest absolute Gasteiger partial charge is 0.410 e. The average Bonchev–Trinajstić information content (AvgIpc) is 3.34. The fourth-order valence-electron chi connectivity index (χ4n) is 3.28. The molecule has 1 aliphatic heterocycles. The molecule has 1 amide bonds. The quantitative estimate of drug-likeness (QED) is 0.448. The standard InChI is InChI=1S/C19H15BrClF3N4OS/c20-15-16(18(29)25-9-10-3-5-11(21)6-4-10)27-28-14(19(22,23)24)8-12(26-17(15)28)13-2-1-7-30-13/h1-7,12,14,26H,8-9H2,(H,25,29). The summed E-state index contributed by atoms with van der Waals surface area (Å²) in [6.07, 6.45) is -4.72. The lowest BCUT2D eigenvalue weighted by molar-refractivity contribution is -0.173. The number of carbonyl (C=O) groups excluding carboxylic acids is 1. The van der Waals surface area contributed by atoms with Gasteiger partial charge in [0, 0.05) is 22.9 Å². The summed E-state index contributed by atoms with van der Waals surface area (Å²) >= 11 is 10.5. The second-order valence-electron chi connectivity index (χ2n) is 6.77. The highest BCUT2D eigenvalue weighted by Crippen LogP contribution is 2.46. The Morgan fingerprint density at radius 1 is 1.33 bits per heavy atom. The third-order valence-corrected chi connectivity index (χ3v) is 6.75. The van der Waals surface area contributed by atoms with E-state index in [-0.39, 0.29) is 29.0 Å². The first-order valence-electron chi connectivity index (χ1n) is 8.91. The van der Waals surface area contributed by atoms with Crippen molar-refractivity contribution in [3.8, 4) is 0 Å². The van der Waals surface area contributed by atoms with Crippen LogP contribution in [0.15, 0.2) is 46.3 Å². The number of anilines is 1. The van der Waals surface area contributed by atoms with Crippen molar-refractivity contribution in [2.75, 3.05) is 5.32 Å². The molecule has 0 saturated heterocycles. The topological polar surface area (TPSA) is 59.0 Å². The van der Waals surface area contributed by atoms with Crippen LogP contribution in [0.5, 0.6) is 0 Å². The van der Waals surface area contributed by atoms with E-state index in [1.807, 2.05) is 5.38 Å². The van der Waals surface area contributed by atoms with Gasteiger partial charge in [-0.15, -0.1) is 11.3 Å². The molecule has 158 valence electrons. The van der Waals surface area contributed by atoms with Gasteiger partial charge in [0.05, 0.1) is 10.5 Å². The molecule has 2 N–H and O–H groups in total. The molecule has 0 radical (unpaired) electrons. The van der Waals surface area contributed by atoms with Crippen LogP contribution in [-0.4, -0.2) is 21.9 Å². The summed E-state index contributed by atoms with van der Waals surface area (Å²) in [5.74, 6) is -0.437. The van der Waals surface area contributed by atoms with Crippen LogP contribution >= 0.6 is 38.9 Å². The highest BCUT2D eigenvalue weighted by Gasteiger charge is 2.47. The van der Waals surface area contributed by atoms with Crippen molar-refractivity contribution in [2.45, 2.75) is 31.2 Å². The maximum absolute atomic E-state index is 13.8. The van der Waals surface area contributed by atoms with Gasteiger partial charge >= 0.3 is 6.18 Å². The van der Waals surface area contributed by atoms with Crippen molar-refractivity contribution < 1.29 is 18.0 Å². The molecule has 1 aliphatic rings. The summed E-state index contributed by atoms with van der Waals surface area (Å²) < 4.78 is 42.4. The first kappa shape index (κ1) is 21.2. The van der Waals surface area contributed by atoms with E-state index >= 15 is 0 Å². The van der Waals surface area contributed by atoms with Crippen LogP contribution in [0.25, 0.3) is 0 Å². The van der Waals surface area contributed by atoms with Gasteiger partial charge in [0.1, 0.15) is 5.82 Å². The number of alkyl halides is 3. The molecule has 2 unspecified atom stereocenters. The molecule has 5 nitrogen and oxygen atoms in total. The Hall–Kier alpha value is -2.04. The second-order valence-corrected chi connectivity index (χ2v) is 8.98. The molecule has 0 aliphatic carbocycles. The normalized spacial score (nSPS) is 18.6. The zero-order chi connectivity index (χ0) is 21.5. The average molecular weight is 520 g/mol. The fraction of sp³-hybridized carbons (Fsp3) is 0.263. The fourth-order valence-corrected chi connectivity index (χ4v) is 4.75. The van der Waals surface area contributed by atoms with E-state index in [1.165, 1.54) is 11.3 Å². The monoisotopic (exact) mass is 518 g/mol. The molecule has 1 aromatic carbocycles. The zero-order valence-corrected chi connectivity index (χ0v) is 18.4. The number of nitrogens with one attached hydrogen (secondary N) is 2. The Kier molecular flexibility index (Phi) is 5.82. The smallest absolute Gasteiger partial charge is 0.362 e. The third-order valence-electron chi connectivity index (χ3n) is 4.76. The lowest BCUT2D eigenvalue weighted by atomic mass is 10.0. The Morgan fingerprint density at radius 2 is 2.07 bits per heavy atom. The lowest BCUT2D eigenvalue weighted by Crippen LogP contribution is -2.35. The third kappa shape index (κ3) is 4.21. The summed E-state index contributed by atoms with van der Waals surface area (Å²) in [6.45, 7) is 0.193. The Labute approximate surface area is 187 Å². The maximum Gasteiger partial charge on any atom is 0.410 e. The van der Waals surface area contributed by atoms with Crippen LogP contribution in [0.1, 0.15) is 39.4 Å². The van der Waals surface area contributed by atoms with Crippen molar-refractivity contribution in [3.63, 3.8) is 0 Å². The van der Waals surface area contributed by atoms with E-state index < -0.39 is 24.2 Å². The minimum atomic E-state index is -4.51. The number of halogens is 5. The highest BCUT2D eigenvalue weighted by atomic mass is 79.9. The van der Waals surface area contributed by atoms with Gasteiger partial charge in [-0.25, -0.2) is 4.68 Å². The molecule has 0 spiro atoms. The SMILES string of the molecule is O=C(NCc1ccc(Cl)cc1)c1nn2c(c1Br)NC(c1cccs1)CC2C(F)(F)F. The zero-order valence-electron chi connectivity index (χ0n) is 15.2. The number of benzene rings is 1. The predicted octanol–water partition coefficient (Wildman–Crippen LogP) is 5.95. The van der Waals surface area contributed by atoms with Crippen molar-refractivity contribution in [2.24, 2.45) is 0 Å². The molecule has 0 bridgehead atoms. The van der Waals surface area contributed by atoms with Crippen LogP contribution < -0.4 is 10.6 Å². The first-order chi connectivity index (χ1) is 14.2. The summed E-state index contributed by atoms with van der Waals surface area (Å²) in [4.78, 5) is 13.4. The van der Waals surface area contributed by atoms with Crippen LogP contribution in [0, 0.1) is 0 Å². The van der Waals surface area contributed by atoms with Gasteiger partial charge in [-0.3, -0.25) is 4.79 Å². The van der Waals surface area contributed by atoms with Crippen molar-refractivity contribution in [1.29, 1.82) is 0 Å². The van der Waals surface area contributed by atoms with Crippen molar-refractivity contribution in [3.05, 3.63) is 67.4 Å². The number of amides is 1. The number of hydrogen-bond donors (Lipinski definition) is 2. The molecule has 2 aromatic heterocycles. The maximum atomic E-state index is 13.8. The van der Waals surface area contributed by atoms with Crippen molar-refractivity contribution >= 4 is 50.6 Å². The molecule has 3 aromatic rings. The molecular weight excluding hydrogens is 505 g/mol. The Morgan fingerprint density at radius 3 is 2.70 bits per heavy atom. The van der Waals surface area contributed by atoms with Gasteiger partial charge in [-0.2, -0.15) is 18.3 Å². The predicted molar refractivity (Wildman–Crippen MR) is 113 cm³/mol. The lowest BCUT2D eigenvalue weighted by Gasteiger charge is -2.33. The minimum Gasteiger partial charge on any atom is -0.362 e. The van der Waals surface area contributed by atoms with E-state index in [4.69, 9.17) is 11.6 Å². The second kappa shape index (κ2) is 8.24. The van der Waals surface area contributed by atoms with E-state index in [0.717, 1.165) is 15.1 Å². The minimum absolute atomic E-state index is 0.104. The molecule has 11 heteroatoms. The van der Waals surface area contributed by atoms with Crippen LogP contribution in [0.2, 0.25) is 5.02 Å². The summed E-state index contributed by atoms with van der Waals surface area (Å²) in [5, 5.41) is 12.2. The molecule has 0 saturated carbocycles. The van der Waals surface area contributed by atoms with Gasteiger partial charge in [0.2, 0.25) is 0 Å². The molecule has 2 atom stereocenters. The van der Waals surface area contributed by atoms with Crippen LogP contribution in [-0.2, 0) is 6.54 Å². The first-order valence-corrected chi connectivity index (χ1v) is 11.0. The number of fused-ring (bicyclic) bond motifs is 1. The van der Waals surface area contributed by atoms with Crippen molar-refractivity contribution in [1.82, 2.24) is 15.1 Å². The highest BCUT2D eigenvalue weighted by molar-refractivity contribution is 9.10. The molecular formula is C19H15BrClF3N4OS. The van der Waals surface area contributed by atoms with Gasteiger partial charge in [-0.1, -0.05) is 29.8 Å². The molecule has 0 fully saturated rings. The molecule has 30 heavy (non-hydrogen) atoms. The number of nitrogens with zero attached hydrogens (tertiary/aromatic N) is 2. The summed E-state index contributed by atoms with van der Waals surface area (Å²) in [7, 11) is 0. The van der Waals surface area contributed by atoms with Crippen LogP contribution in [0.4, 0.5) is 19.0 Å². The Bertz CT molecular complexity index is 1050. The number of hydrogen-bond acceptors (Lipinski definition) is 4. The summed E-state index contributed by atoms with van der Waals surface area (Å²) in [6, 6.07) is 8.10. The number of carbonyl (C=O) groups is 1. The number of aromatic nitrogens is 2. The number of thiophene rings is 1. The van der Waals surface area contributed by atoms with E-state index in [0.29, 0.717) is 5.02 Å². The molecule has 3 heterocycles. The van der Waals surface area contributed by atoms with Gasteiger partial charge in [0.15, 0.2) is 11.7 Å².